The summed E-state index contributed by atoms with van der Waals surface area (Å²) in [5.41, 5.74) is 0.351. The van der Waals surface area contributed by atoms with E-state index in [0.717, 1.165) is 25.5 Å². The summed E-state index contributed by atoms with van der Waals surface area (Å²) in [6.45, 7) is 1.89. The molecule has 1 aromatic carbocycles. The van der Waals surface area contributed by atoms with Gasteiger partial charge in [-0.05, 0) is 49.7 Å². The Kier molecular flexibility index (Phi) is 4.67. The Morgan fingerprint density at radius 1 is 1.12 bits per heavy atom. The van der Waals surface area contributed by atoms with Gasteiger partial charge in [-0.1, -0.05) is 6.07 Å². The van der Waals surface area contributed by atoms with Crippen molar-refractivity contribution in [3.63, 3.8) is 0 Å². The second kappa shape index (κ2) is 6.97. The first-order chi connectivity index (χ1) is 12.5. The van der Waals surface area contributed by atoms with Gasteiger partial charge < -0.3 is 9.80 Å². The van der Waals surface area contributed by atoms with E-state index in [1.807, 2.05) is 4.90 Å². The first-order valence-electron chi connectivity index (χ1n) is 9.53. The van der Waals surface area contributed by atoms with Crippen LogP contribution < -0.4 is 0 Å². The molecule has 0 unspecified atom stereocenters. The van der Waals surface area contributed by atoms with Crippen molar-refractivity contribution in [2.75, 3.05) is 19.6 Å². The van der Waals surface area contributed by atoms with Gasteiger partial charge in [-0.2, -0.15) is 0 Å². The standard InChI is InChI=1S/C20H24F2N2O2/c21-16-6-3-14(18(22)9-16)5-8-19(25)23-11-15-4-7-17(12-23)24(20(15)26)10-13-1-2-13/h3,6,9,13,15,17H,1-2,4-5,7-8,10-12H2/t15-,17+/m0/s1. The summed E-state index contributed by atoms with van der Waals surface area (Å²) in [7, 11) is 0. The summed E-state index contributed by atoms with van der Waals surface area (Å²) in [6.07, 6.45) is 4.63. The summed E-state index contributed by atoms with van der Waals surface area (Å²) in [6, 6.07) is 3.57. The Labute approximate surface area is 152 Å². The fourth-order valence-electron chi connectivity index (χ4n) is 4.19. The number of rotatable bonds is 5. The van der Waals surface area contributed by atoms with Crippen molar-refractivity contribution in [3.05, 3.63) is 35.4 Å². The van der Waals surface area contributed by atoms with Crippen LogP contribution in [0.15, 0.2) is 18.2 Å². The van der Waals surface area contributed by atoms with Gasteiger partial charge in [0, 0.05) is 38.2 Å². The van der Waals surface area contributed by atoms with Crippen molar-refractivity contribution in [2.24, 2.45) is 11.8 Å². The predicted molar refractivity (Wildman–Crippen MR) is 92.2 cm³/mol. The molecule has 26 heavy (non-hydrogen) atoms. The number of benzene rings is 1. The lowest BCUT2D eigenvalue weighted by molar-refractivity contribution is -0.140. The van der Waals surface area contributed by atoms with Crippen LogP contribution in [-0.2, 0) is 16.0 Å². The van der Waals surface area contributed by atoms with Gasteiger partial charge in [0.2, 0.25) is 11.8 Å². The summed E-state index contributed by atoms with van der Waals surface area (Å²) >= 11 is 0. The molecule has 5 rings (SSSR count). The number of nitrogens with zero attached hydrogens (tertiary/aromatic N) is 2. The van der Waals surface area contributed by atoms with E-state index in [0.29, 0.717) is 24.6 Å². The van der Waals surface area contributed by atoms with Crippen molar-refractivity contribution in [2.45, 2.75) is 44.6 Å². The SMILES string of the molecule is O=C(CCc1ccc(F)cc1F)N1C[C@@H]2CC[C@H](C1)N(CC1CC1)C2=O. The third kappa shape index (κ3) is 3.60. The topological polar surface area (TPSA) is 40.6 Å². The van der Waals surface area contributed by atoms with Crippen LogP contribution in [-0.4, -0.2) is 47.3 Å². The number of piperidine rings is 1. The van der Waals surface area contributed by atoms with Gasteiger partial charge in [-0.3, -0.25) is 9.59 Å². The molecule has 2 atom stereocenters. The van der Waals surface area contributed by atoms with Crippen LogP contribution in [0.25, 0.3) is 0 Å². The fourth-order valence-corrected chi connectivity index (χ4v) is 4.19. The molecule has 0 aromatic heterocycles. The average Bonchev–Trinajstić information content (AvgIpc) is 3.44. The average molecular weight is 362 g/mol. The van der Waals surface area contributed by atoms with Crippen molar-refractivity contribution in [3.8, 4) is 0 Å². The molecule has 4 aliphatic rings. The highest BCUT2D eigenvalue weighted by Gasteiger charge is 2.43. The maximum atomic E-state index is 13.8. The third-order valence-electron chi connectivity index (χ3n) is 5.92. The van der Waals surface area contributed by atoms with Crippen LogP contribution in [0.2, 0.25) is 0 Å². The maximum absolute atomic E-state index is 13.8. The quantitative estimate of drug-likeness (QED) is 0.808. The highest BCUT2D eigenvalue weighted by atomic mass is 19.1. The monoisotopic (exact) mass is 362 g/mol. The van der Waals surface area contributed by atoms with Crippen molar-refractivity contribution in [1.82, 2.24) is 9.80 Å². The molecule has 3 saturated heterocycles. The van der Waals surface area contributed by atoms with Gasteiger partial charge in [-0.25, -0.2) is 8.78 Å². The van der Waals surface area contributed by atoms with E-state index in [1.54, 1.807) is 4.90 Å². The Morgan fingerprint density at radius 3 is 2.65 bits per heavy atom. The van der Waals surface area contributed by atoms with Gasteiger partial charge in [0.25, 0.3) is 0 Å². The van der Waals surface area contributed by atoms with Crippen LogP contribution in [0.4, 0.5) is 8.78 Å². The van der Waals surface area contributed by atoms with Crippen LogP contribution in [0.1, 0.15) is 37.7 Å². The minimum absolute atomic E-state index is 0.0494. The van der Waals surface area contributed by atoms with Gasteiger partial charge in [-0.15, -0.1) is 0 Å². The molecule has 0 N–H and O–H groups in total. The second-order valence-electron chi connectivity index (χ2n) is 7.90. The highest BCUT2D eigenvalue weighted by Crippen LogP contribution is 2.35. The molecule has 0 spiro atoms. The molecule has 4 fully saturated rings. The van der Waals surface area contributed by atoms with Gasteiger partial charge in [0.05, 0.1) is 5.92 Å². The zero-order valence-electron chi connectivity index (χ0n) is 14.8. The maximum Gasteiger partial charge on any atom is 0.227 e. The number of carbonyl (C=O) groups excluding carboxylic acids is 2. The lowest BCUT2D eigenvalue weighted by atomic mass is 9.94. The number of carbonyl (C=O) groups is 2. The number of fused-ring (bicyclic) bond motifs is 4. The lowest BCUT2D eigenvalue weighted by Crippen LogP contribution is -2.48. The smallest absolute Gasteiger partial charge is 0.227 e. The number of amides is 2. The largest absolute Gasteiger partial charge is 0.340 e. The normalized spacial score (nSPS) is 25.5. The van der Waals surface area contributed by atoms with Gasteiger partial charge in [0.1, 0.15) is 11.6 Å². The number of halogens is 2. The zero-order valence-corrected chi connectivity index (χ0v) is 14.8. The number of hydrogen-bond donors (Lipinski definition) is 0. The Hall–Kier alpha value is -1.98. The first-order valence-corrected chi connectivity index (χ1v) is 9.53. The third-order valence-corrected chi connectivity index (χ3v) is 5.92. The van der Waals surface area contributed by atoms with E-state index < -0.39 is 11.6 Å². The molecular weight excluding hydrogens is 338 g/mol. The van der Waals surface area contributed by atoms with Crippen LogP contribution >= 0.6 is 0 Å². The highest BCUT2D eigenvalue weighted by molar-refractivity contribution is 5.83. The van der Waals surface area contributed by atoms with E-state index in [9.17, 15) is 18.4 Å². The van der Waals surface area contributed by atoms with Crippen molar-refractivity contribution >= 4 is 11.8 Å². The van der Waals surface area contributed by atoms with Crippen molar-refractivity contribution < 1.29 is 18.4 Å². The van der Waals surface area contributed by atoms with Crippen LogP contribution in [0.5, 0.6) is 0 Å². The van der Waals surface area contributed by atoms with E-state index in [2.05, 4.69) is 0 Å². The van der Waals surface area contributed by atoms with Crippen LogP contribution in [0.3, 0.4) is 0 Å². The molecule has 6 heteroatoms. The molecule has 1 aromatic rings. The summed E-state index contributed by atoms with van der Waals surface area (Å²) in [5.74, 6) is -0.530. The molecule has 2 amide bonds. The van der Waals surface area contributed by atoms with E-state index >= 15 is 0 Å². The first kappa shape index (κ1) is 17.4. The summed E-state index contributed by atoms with van der Waals surface area (Å²) in [5, 5.41) is 0. The Balaban J connectivity index is 1.39. The van der Waals surface area contributed by atoms with Gasteiger partial charge in [0.15, 0.2) is 0 Å². The molecule has 140 valence electrons. The zero-order chi connectivity index (χ0) is 18.3. The van der Waals surface area contributed by atoms with Gasteiger partial charge >= 0.3 is 0 Å². The predicted octanol–water partition coefficient (Wildman–Crippen LogP) is 2.76. The molecule has 1 aliphatic carbocycles. The molecular formula is C20H24F2N2O2. The lowest BCUT2D eigenvalue weighted by Gasteiger charge is -2.36. The summed E-state index contributed by atoms with van der Waals surface area (Å²) in [4.78, 5) is 29.2. The second-order valence-corrected chi connectivity index (χ2v) is 7.90. The van der Waals surface area contributed by atoms with E-state index in [-0.39, 0.29) is 36.6 Å². The molecule has 3 heterocycles. The minimum atomic E-state index is -0.615. The number of hydrogen-bond acceptors (Lipinski definition) is 2. The van der Waals surface area contributed by atoms with E-state index in [4.69, 9.17) is 0 Å². The molecule has 1 saturated carbocycles. The molecule has 3 aliphatic heterocycles. The minimum Gasteiger partial charge on any atom is -0.340 e. The molecule has 2 bridgehead atoms. The summed E-state index contributed by atoms with van der Waals surface area (Å²) < 4.78 is 26.7. The molecule has 4 nitrogen and oxygen atoms in total. The van der Waals surface area contributed by atoms with Crippen LogP contribution in [0, 0.1) is 23.5 Å². The number of aryl methyl sites for hydroxylation is 1. The Morgan fingerprint density at radius 2 is 1.92 bits per heavy atom. The van der Waals surface area contributed by atoms with Crippen molar-refractivity contribution in [1.29, 1.82) is 0 Å². The van der Waals surface area contributed by atoms with E-state index in [1.165, 1.54) is 25.0 Å². The Bertz CT molecular complexity index is 720. The fraction of sp³-hybridized carbons (Fsp3) is 0.600. The molecule has 0 radical (unpaired) electrons.